The zero-order valence-corrected chi connectivity index (χ0v) is 16.4. The number of nitrogens with zero attached hydrogens (tertiary/aromatic N) is 3. The quantitative estimate of drug-likeness (QED) is 0.670. The number of piperidine rings is 1. The van der Waals surface area contributed by atoms with Gasteiger partial charge in [0.05, 0.1) is 0 Å². The van der Waals surface area contributed by atoms with Gasteiger partial charge in [0.2, 0.25) is 0 Å². The number of likely N-dealkylation sites (tertiary alicyclic amines) is 1. The van der Waals surface area contributed by atoms with Crippen LogP contribution in [0, 0.1) is 0 Å². The molecule has 2 aliphatic heterocycles. The Morgan fingerprint density at radius 2 is 1.65 bits per heavy atom. The first-order valence-electron chi connectivity index (χ1n) is 9.75. The van der Waals surface area contributed by atoms with Crippen molar-refractivity contribution in [2.24, 2.45) is 0 Å². The minimum Gasteiger partial charge on any atom is -0.444 e. The fourth-order valence-corrected chi connectivity index (χ4v) is 4.53. The lowest BCUT2D eigenvalue weighted by atomic mass is 9.82. The highest BCUT2D eigenvalue weighted by molar-refractivity contribution is 6.07. The maximum absolute atomic E-state index is 13.0. The van der Waals surface area contributed by atoms with E-state index in [1.807, 2.05) is 25.7 Å². The van der Waals surface area contributed by atoms with Gasteiger partial charge in [0.25, 0.3) is 5.91 Å². The third kappa shape index (κ3) is 3.28. The van der Waals surface area contributed by atoms with Crippen molar-refractivity contribution in [1.82, 2.24) is 14.7 Å². The molecule has 3 rings (SSSR count). The molecule has 0 radical (unpaired) electrons. The number of ether oxygens (including phenoxy) is 1. The Balaban J connectivity index is 1.76. The average molecular weight is 365 g/mol. The molecule has 0 aromatic heterocycles. The van der Waals surface area contributed by atoms with E-state index in [9.17, 15) is 14.4 Å². The number of likely N-dealkylation sites (N-methyl/N-ethyl adjacent to an activating group) is 1. The summed E-state index contributed by atoms with van der Waals surface area (Å²) in [6, 6.07) is -0.0363. The first kappa shape index (κ1) is 19.0. The summed E-state index contributed by atoms with van der Waals surface area (Å²) >= 11 is 0. The third-order valence-electron chi connectivity index (χ3n) is 5.84. The SMILES string of the molecule is CN1C(=O)N(C2CCCCC2)C2(CCN(C(=O)OC(C)(C)C)CC2)C1=O. The van der Waals surface area contributed by atoms with Crippen LogP contribution in [0.4, 0.5) is 9.59 Å². The zero-order valence-electron chi connectivity index (χ0n) is 16.4. The highest BCUT2D eigenvalue weighted by Crippen LogP contribution is 2.41. The van der Waals surface area contributed by atoms with Gasteiger partial charge >= 0.3 is 12.1 Å². The van der Waals surface area contributed by atoms with E-state index in [4.69, 9.17) is 4.74 Å². The summed E-state index contributed by atoms with van der Waals surface area (Å²) in [5.74, 6) is -0.114. The predicted octanol–water partition coefficient (Wildman–Crippen LogP) is 2.98. The van der Waals surface area contributed by atoms with E-state index in [1.165, 1.54) is 11.3 Å². The van der Waals surface area contributed by atoms with Crippen molar-refractivity contribution in [2.45, 2.75) is 82.9 Å². The zero-order chi connectivity index (χ0) is 19.1. The van der Waals surface area contributed by atoms with Crippen LogP contribution in [-0.4, -0.2) is 70.1 Å². The molecule has 0 unspecified atom stereocenters. The fourth-order valence-electron chi connectivity index (χ4n) is 4.53. The number of amides is 4. The first-order chi connectivity index (χ1) is 12.2. The molecule has 1 spiro atoms. The van der Waals surface area contributed by atoms with E-state index >= 15 is 0 Å². The number of hydrogen-bond acceptors (Lipinski definition) is 4. The highest BCUT2D eigenvalue weighted by Gasteiger charge is 2.59. The Labute approximate surface area is 155 Å². The van der Waals surface area contributed by atoms with Crippen LogP contribution < -0.4 is 0 Å². The molecule has 3 aliphatic rings. The molecule has 2 heterocycles. The van der Waals surface area contributed by atoms with E-state index in [0.717, 1.165) is 25.7 Å². The molecule has 0 N–H and O–H groups in total. The van der Waals surface area contributed by atoms with Crippen LogP contribution in [0.1, 0.15) is 65.7 Å². The monoisotopic (exact) mass is 365 g/mol. The van der Waals surface area contributed by atoms with Gasteiger partial charge in [-0.2, -0.15) is 0 Å². The van der Waals surface area contributed by atoms with Crippen LogP contribution in [0.3, 0.4) is 0 Å². The Bertz CT molecular complexity index is 584. The second kappa shape index (κ2) is 6.74. The smallest absolute Gasteiger partial charge is 0.410 e. The van der Waals surface area contributed by atoms with Crippen molar-refractivity contribution < 1.29 is 19.1 Å². The molecular formula is C19H31N3O4. The van der Waals surface area contributed by atoms with Gasteiger partial charge in [-0.25, -0.2) is 9.59 Å². The van der Waals surface area contributed by atoms with Crippen LogP contribution >= 0.6 is 0 Å². The second-order valence-corrected chi connectivity index (χ2v) is 8.81. The van der Waals surface area contributed by atoms with Gasteiger partial charge in [-0.1, -0.05) is 19.3 Å². The number of hydrogen-bond donors (Lipinski definition) is 0. The van der Waals surface area contributed by atoms with Gasteiger partial charge in [-0.05, 0) is 46.5 Å². The maximum atomic E-state index is 13.0. The molecule has 0 aromatic rings. The van der Waals surface area contributed by atoms with Crippen molar-refractivity contribution in [3.8, 4) is 0 Å². The van der Waals surface area contributed by atoms with Crippen LogP contribution in [0.15, 0.2) is 0 Å². The predicted molar refractivity (Wildman–Crippen MR) is 96.7 cm³/mol. The molecule has 0 atom stereocenters. The van der Waals surface area contributed by atoms with Crippen molar-refractivity contribution in [1.29, 1.82) is 0 Å². The van der Waals surface area contributed by atoms with Gasteiger partial charge in [-0.3, -0.25) is 9.69 Å². The number of carbonyl (C=O) groups is 3. The minimum atomic E-state index is -0.785. The Kier molecular flexibility index (Phi) is 4.92. The van der Waals surface area contributed by atoms with Gasteiger partial charge in [0.1, 0.15) is 11.1 Å². The van der Waals surface area contributed by atoms with E-state index < -0.39 is 11.1 Å². The number of urea groups is 1. The fraction of sp³-hybridized carbons (Fsp3) is 0.842. The summed E-state index contributed by atoms with van der Waals surface area (Å²) < 4.78 is 5.45. The van der Waals surface area contributed by atoms with Crippen molar-refractivity contribution in [3.63, 3.8) is 0 Å². The summed E-state index contributed by atoms with van der Waals surface area (Å²) in [6.45, 7) is 6.40. The van der Waals surface area contributed by atoms with Gasteiger partial charge in [0.15, 0.2) is 0 Å². The lowest BCUT2D eigenvalue weighted by molar-refractivity contribution is -0.135. The number of rotatable bonds is 1. The highest BCUT2D eigenvalue weighted by atomic mass is 16.6. The second-order valence-electron chi connectivity index (χ2n) is 8.81. The summed E-state index contributed by atoms with van der Waals surface area (Å²) in [4.78, 5) is 42.9. The van der Waals surface area contributed by atoms with Crippen molar-refractivity contribution in [2.75, 3.05) is 20.1 Å². The molecule has 1 saturated carbocycles. The molecule has 26 heavy (non-hydrogen) atoms. The van der Waals surface area contributed by atoms with Crippen LogP contribution in [0.25, 0.3) is 0 Å². The van der Waals surface area contributed by atoms with E-state index in [-0.39, 0.29) is 24.1 Å². The summed E-state index contributed by atoms with van der Waals surface area (Å²) in [6.07, 6.45) is 5.95. The third-order valence-corrected chi connectivity index (χ3v) is 5.84. The van der Waals surface area contributed by atoms with E-state index in [2.05, 4.69) is 0 Å². The minimum absolute atomic E-state index is 0.114. The summed E-state index contributed by atoms with van der Waals surface area (Å²) in [7, 11) is 1.58. The molecule has 3 fully saturated rings. The Morgan fingerprint density at radius 3 is 2.19 bits per heavy atom. The lowest BCUT2D eigenvalue weighted by Gasteiger charge is -2.46. The number of imide groups is 1. The number of carbonyl (C=O) groups excluding carboxylic acids is 3. The van der Waals surface area contributed by atoms with Crippen LogP contribution in [-0.2, 0) is 9.53 Å². The average Bonchev–Trinajstić information content (AvgIpc) is 2.76. The van der Waals surface area contributed by atoms with Gasteiger partial charge in [-0.15, -0.1) is 0 Å². The first-order valence-corrected chi connectivity index (χ1v) is 9.75. The summed E-state index contributed by atoms with van der Waals surface area (Å²) in [5.41, 5.74) is -1.33. The Morgan fingerprint density at radius 1 is 1.08 bits per heavy atom. The topological polar surface area (TPSA) is 70.2 Å². The molecule has 146 valence electrons. The molecular weight excluding hydrogens is 334 g/mol. The molecule has 4 amide bonds. The maximum Gasteiger partial charge on any atom is 0.410 e. The molecule has 0 aromatic carbocycles. The molecule has 7 heteroatoms. The van der Waals surface area contributed by atoms with Crippen LogP contribution in [0.2, 0.25) is 0 Å². The Hall–Kier alpha value is -1.79. The van der Waals surface area contributed by atoms with Gasteiger partial charge in [0, 0.05) is 26.2 Å². The molecule has 1 aliphatic carbocycles. The summed E-state index contributed by atoms with van der Waals surface area (Å²) in [5, 5.41) is 0. The van der Waals surface area contributed by atoms with E-state index in [0.29, 0.717) is 25.9 Å². The van der Waals surface area contributed by atoms with Crippen LogP contribution in [0.5, 0.6) is 0 Å². The van der Waals surface area contributed by atoms with Gasteiger partial charge < -0.3 is 14.5 Å². The van der Waals surface area contributed by atoms with E-state index in [1.54, 1.807) is 11.9 Å². The molecule has 0 bridgehead atoms. The standard InChI is InChI=1S/C19H31N3O4/c1-18(2,3)26-17(25)21-12-10-19(11-13-21)15(23)20(4)16(24)22(19)14-8-6-5-7-9-14/h14H,5-13H2,1-4H3. The molecule has 7 nitrogen and oxygen atoms in total. The van der Waals surface area contributed by atoms with Crippen molar-refractivity contribution in [3.05, 3.63) is 0 Å². The lowest BCUT2D eigenvalue weighted by Crippen LogP contribution is -2.60. The largest absolute Gasteiger partial charge is 0.444 e. The van der Waals surface area contributed by atoms with Crippen molar-refractivity contribution >= 4 is 18.0 Å². The normalized spacial score (nSPS) is 24.5. The molecule has 2 saturated heterocycles.